The molecule has 124 valence electrons. The first kappa shape index (κ1) is 16.0. The van der Waals surface area contributed by atoms with Gasteiger partial charge in [0.2, 0.25) is 0 Å². The lowest BCUT2D eigenvalue weighted by molar-refractivity contribution is 0.0325. The number of aliphatic imine (C=N–C) groups is 1. The maximum absolute atomic E-state index is 11.8. The van der Waals surface area contributed by atoms with Crippen molar-refractivity contribution in [3.05, 3.63) is 36.0 Å². The zero-order chi connectivity index (χ0) is 15.9. The molecule has 0 saturated carbocycles. The zero-order valence-electron chi connectivity index (χ0n) is 12.9. The van der Waals surface area contributed by atoms with Gasteiger partial charge in [0.1, 0.15) is 19.0 Å². The Morgan fingerprint density at radius 3 is 2.78 bits per heavy atom. The van der Waals surface area contributed by atoms with E-state index >= 15 is 0 Å². The van der Waals surface area contributed by atoms with Crippen LogP contribution in [0.4, 0.5) is 10.1 Å². The summed E-state index contributed by atoms with van der Waals surface area (Å²) >= 11 is 0. The lowest BCUT2D eigenvalue weighted by Crippen LogP contribution is -2.20. The highest BCUT2D eigenvalue weighted by Crippen LogP contribution is 2.38. The first-order valence-corrected chi connectivity index (χ1v) is 7.83. The second-order valence-corrected chi connectivity index (χ2v) is 5.35. The molecule has 0 saturated heterocycles. The van der Waals surface area contributed by atoms with E-state index in [4.69, 9.17) is 14.2 Å². The molecule has 1 aromatic rings. The van der Waals surface area contributed by atoms with Crippen LogP contribution in [0.1, 0.15) is 11.5 Å². The van der Waals surface area contributed by atoms with Crippen molar-refractivity contribution in [2.75, 3.05) is 45.0 Å². The third-order valence-corrected chi connectivity index (χ3v) is 3.81. The van der Waals surface area contributed by atoms with Gasteiger partial charge in [0, 0.05) is 30.1 Å². The predicted octanol–water partition coefficient (Wildman–Crippen LogP) is 2.54. The van der Waals surface area contributed by atoms with E-state index in [0.29, 0.717) is 32.3 Å². The molecule has 0 bridgehead atoms. The van der Waals surface area contributed by atoms with E-state index in [0.717, 1.165) is 11.4 Å². The van der Waals surface area contributed by atoms with E-state index in [1.54, 1.807) is 0 Å². The Morgan fingerprint density at radius 1 is 1.09 bits per heavy atom. The molecule has 0 aromatic heterocycles. The molecule has 23 heavy (non-hydrogen) atoms. The standard InChI is InChI=1S/C17H21FN2O3/c18-4-6-21-7-8-22-9-10-23-13-1-2-14-15-12-19-5-3-16(15)20-17(14)11-13/h1-3,5,11-12,15-16,20H,4,6-10H2. The van der Waals surface area contributed by atoms with E-state index in [2.05, 4.69) is 22.5 Å². The lowest BCUT2D eigenvalue weighted by Gasteiger charge is -2.14. The molecule has 0 radical (unpaired) electrons. The third-order valence-electron chi connectivity index (χ3n) is 3.81. The number of nitrogens with zero attached hydrogens (tertiary/aromatic N) is 1. The van der Waals surface area contributed by atoms with Crippen LogP contribution in [0.15, 0.2) is 35.5 Å². The number of benzene rings is 1. The van der Waals surface area contributed by atoms with Crippen molar-refractivity contribution in [2.45, 2.75) is 12.0 Å². The minimum atomic E-state index is -0.459. The Labute approximate surface area is 135 Å². The van der Waals surface area contributed by atoms with Crippen molar-refractivity contribution >= 4 is 11.9 Å². The van der Waals surface area contributed by atoms with Gasteiger partial charge in [-0.05, 0) is 17.7 Å². The van der Waals surface area contributed by atoms with Gasteiger partial charge in [-0.2, -0.15) is 0 Å². The zero-order valence-corrected chi connectivity index (χ0v) is 12.9. The van der Waals surface area contributed by atoms with Crippen LogP contribution in [0, 0.1) is 0 Å². The van der Waals surface area contributed by atoms with E-state index in [1.165, 1.54) is 5.56 Å². The molecule has 2 heterocycles. The molecule has 0 fully saturated rings. The summed E-state index contributed by atoms with van der Waals surface area (Å²) in [6.07, 6.45) is 5.87. The third kappa shape index (κ3) is 4.09. The van der Waals surface area contributed by atoms with Crippen LogP contribution in [0.5, 0.6) is 5.75 Å². The Morgan fingerprint density at radius 2 is 1.91 bits per heavy atom. The van der Waals surface area contributed by atoms with Crippen LogP contribution in [-0.4, -0.2) is 52.0 Å². The summed E-state index contributed by atoms with van der Waals surface area (Å²) in [7, 11) is 0. The molecule has 3 rings (SSSR count). The molecule has 6 heteroatoms. The molecule has 0 spiro atoms. The van der Waals surface area contributed by atoms with E-state index in [1.807, 2.05) is 24.5 Å². The average Bonchev–Trinajstić information content (AvgIpc) is 2.95. The van der Waals surface area contributed by atoms with Crippen molar-refractivity contribution < 1.29 is 18.6 Å². The number of hydrogen-bond donors (Lipinski definition) is 1. The molecule has 2 atom stereocenters. The number of halogens is 1. The molecule has 1 aromatic carbocycles. The lowest BCUT2D eigenvalue weighted by atomic mass is 9.95. The van der Waals surface area contributed by atoms with Crippen molar-refractivity contribution in [1.82, 2.24) is 0 Å². The summed E-state index contributed by atoms with van der Waals surface area (Å²) in [5.41, 5.74) is 2.34. The van der Waals surface area contributed by atoms with Gasteiger partial charge in [0.15, 0.2) is 0 Å². The van der Waals surface area contributed by atoms with Gasteiger partial charge in [0.05, 0.1) is 32.5 Å². The first-order chi connectivity index (χ1) is 11.4. The summed E-state index contributed by atoms with van der Waals surface area (Å²) in [5.74, 6) is 1.12. The van der Waals surface area contributed by atoms with Gasteiger partial charge >= 0.3 is 0 Å². The van der Waals surface area contributed by atoms with Crippen LogP contribution >= 0.6 is 0 Å². The second kappa shape index (κ2) is 8.08. The SMILES string of the molecule is FCCOCCOCCOc1ccc2c(c1)NC1C=CN=CC21. The summed E-state index contributed by atoms with van der Waals surface area (Å²) in [5, 5.41) is 3.47. The Hall–Kier alpha value is -1.92. The number of fused-ring (bicyclic) bond motifs is 3. The number of rotatable bonds is 9. The molecule has 1 N–H and O–H groups in total. The largest absolute Gasteiger partial charge is 0.491 e. The van der Waals surface area contributed by atoms with E-state index in [-0.39, 0.29) is 12.6 Å². The van der Waals surface area contributed by atoms with Crippen LogP contribution in [-0.2, 0) is 9.47 Å². The Bertz CT molecular complexity index is 577. The fourth-order valence-electron chi connectivity index (χ4n) is 2.72. The topological polar surface area (TPSA) is 52.1 Å². The highest BCUT2D eigenvalue weighted by molar-refractivity contribution is 5.80. The highest BCUT2D eigenvalue weighted by Gasteiger charge is 2.30. The quantitative estimate of drug-likeness (QED) is 0.711. The minimum Gasteiger partial charge on any atom is -0.491 e. The maximum Gasteiger partial charge on any atom is 0.121 e. The number of hydrogen-bond acceptors (Lipinski definition) is 5. The fourth-order valence-corrected chi connectivity index (χ4v) is 2.72. The van der Waals surface area contributed by atoms with Crippen molar-refractivity contribution in [1.29, 1.82) is 0 Å². The van der Waals surface area contributed by atoms with Crippen LogP contribution in [0.25, 0.3) is 0 Å². The number of ether oxygens (including phenoxy) is 3. The fraction of sp³-hybridized carbons (Fsp3) is 0.471. The molecule has 2 unspecified atom stereocenters. The smallest absolute Gasteiger partial charge is 0.121 e. The molecule has 5 nitrogen and oxygen atoms in total. The monoisotopic (exact) mass is 320 g/mol. The minimum absolute atomic E-state index is 0.129. The summed E-state index contributed by atoms with van der Waals surface area (Å²) in [4.78, 5) is 4.21. The number of alkyl halides is 1. The van der Waals surface area contributed by atoms with Gasteiger partial charge < -0.3 is 19.5 Å². The van der Waals surface area contributed by atoms with E-state index in [9.17, 15) is 4.39 Å². The normalized spacial score (nSPS) is 20.9. The van der Waals surface area contributed by atoms with E-state index < -0.39 is 6.67 Å². The summed E-state index contributed by atoms with van der Waals surface area (Å²) in [6.45, 7) is 1.47. The van der Waals surface area contributed by atoms with Gasteiger partial charge in [-0.25, -0.2) is 4.39 Å². The maximum atomic E-state index is 11.8. The number of anilines is 1. The van der Waals surface area contributed by atoms with Gasteiger partial charge in [-0.3, -0.25) is 4.99 Å². The first-order valence-electron chi connectivity index (χ1n) is 7.83. The van der Waals surface area contributed by atoms with Gasteiger partial charge in [0.25, 0.3) is 0 Å². The average molecular weight is 320 g/mol. The molecular formula is C17H21FN2O3. The van der Waals surface area contributed by atoms with Crippen molar-refractivity contribution in [3.8, 4) is 5.75 Å². The molecular weight excluding hydrogens is 299 g/mol. The molecule has 2 aliphatic rings. The molecule has 0 aliphatic carbocycles. The Kier molecular flexibility index (Phi) is 5.60. The molecule has 0 amide bonds. The summed E-state index contributed by atoms with van der Waals surface area (Å²) < 4.78 is 27.8. The summed E-state index contributed by atoms with van der Waals surface area (Å²) in [6, 6.07) is 6.35. The predicted molar refractivity (Wildman–Crippen MR) is 87.3 cm³/mol. The number of nitrogens with one attached hydrogen (secondary N) is 1. The van der Waals surface area contributed by atoms with Crippen LogP contribution < -0.4 is 10.1 Å². The molecule has 2 aliphatic heterocycles. The van der Waals surface area contributed by atoms with Crippen molar-refractivity contribution in [3.63, 3.8) is 0 Å². The Balaban J connectivity index is 1.41. The second-order valence-electron chi connectivity index (χ2n) is 5.35. The van der Waals surface area contributed by atoms with Crippen molar-refractivity contribution in [2.24, 2.45) is 4.99 Å². The van der Waals surface area contributed by atoms with Gasteiger partial charge in [-0.15, -0.1) is 0 Å². The highest BCUT2D eigenvalue weighted by atomic mass is 19.1. The van der Waals surface area contributed by atoms with Crippen LogP contribution in [0.2, 0.25) is 0 Å². The van der Waals surface area contributed by atoms with Gasteiger partial charge in [-0.1, -0.05) is 6.07 Å². The van der Waals surface area contributed by atoms with Crippen LogP contribution in [0.3, 0.4) is 0 Å².